The van der Waals surface area contributed by atoms with Gasteiger partial charge < -0.3 is 10.4 Å². The van der Waals surface area contributed by atoms with Gasteiger partial charge in [-0.1, -0.05) is 13.3 Å². The molecule has 0 aliphatic carbocycles. The van der Waals surface area contributed by atoms with Crippen LogP contribution in [0.5, 0.6) is 0 Å². The highest BCUT2D eigenvalue weighted by atomic mass is 32.2. The smallest absolute Gasteiger partial charge is 0.323 e. The van der Waals surface area contributed by atoms with E-state index in [0.29, 0.717) is 13.1 Å². The molecule has 1 atom stereocenters. The molecule has 0 saturated carbocycles. The number of carboxylic acids is 1. The predicted octanol–water partition coefficient (Wildman–Crippen LogP) is -0.678. The van der Waals surface area contributed by atoms with Gasteiger partial charge in [0.1, 0.15) is 6.04 Å². The largest absolute Gasteiger partial charge is 0.480 e. The van der Waals surface area contributed by atoms with E-state index >= 15 is 0 Å². The Hall–Kier alpha value is -0.700. The molecule has 106 valence electrons. The molecule has 0 aromatic heterocycles. The lowest BCUT2D eigenvalue weighted by molar-refractivity contribution is -0.141. The predicted molar refractivity (Wildman–Crippen MR) is 67.5 cm³/mol. The van der Waals surface area contributed by atoms with Crippen LogP contribution in [-0.4, -0.2) is 67.4 Å². The van der Waals surface area contributed by atoms with Crippen molar-refractivity contribution in [2.24, 2.45) is 0 Å². The van der Waals surface area contributed by atoms with Crippen molar-refractivity contribution in [3.05, 3.63) is 0 Å². The number of rotatable bonds is 6. The maximum atomic E-state index is 12.3. The van der Waals surface area contributed by atoms with E-state index in [9.17, 15) is 13.2 Å². The summed E-state index contributed by atoms with van der Waals surface area (Å²) in [5.41, 5.74) is 0. The molecule has 0 spiro atoms. The second-order valence-electron chi connectivity index (χ2n) is 4.35. The van der Waals surface area contributed by atoms with Crippen LogP contribution in [0.15, 0.2) is 0 Å². The van der Waals surface area contributed by atoms with Crippen LogP contribution in [0, 0.1) is 0 Å². The van der Waals surface area contributed by atoms with E-state index < -0.39 is 22.2 Å². The summed E-state index contributed by atoms with van der Waals surface area (Å²) in [4.78, 5) is 11.1. The zero-order valence-corrected chi connectivity index (χ0v) is 11.6. The third-order valence-electron chi connectivity index (χ3n) is 3.00. The van der Waals surface area contributed by atoms with Gasteiger partial charge in [0.05, 0.1) is 0 Å². The Morgan fingerprint density at radius 3 is 2.78 bits per heavy atom. The zero-order chi connectivity index (χ0) is 13.8. The highest BCUT2D eigenvalue weighted by molar-refractivity contribution is 7.86. The Bertz CT molecular complexity index is 385. The van der Waals surface area contributed by atoms with Crippen molar-refractivity contribution in [2.75, 3.05) is 33.2 Å². The van der Waals surface area contributed by atoms with E-state index in [1.807, 2.05) is 6.92 Å². The number of hydrogen-bond donors (Lipinski definition) is 2. The third-order valence-corrected chi connectivity index (χ3v) is 5.00. The van der Waals surface area contributed by atoms with Crippen LogP contribution < -0.4 is 5.32 Å². The van der Waals surface area contributed by atoms with Gasteiger partial charge in [-0.2, -0.15) is 17.0 Å². The molecule has 0 aromatic rings. The van der Waals surface area contributed by atoms with Gasteiger partial charge in [-0.25, -0.2) is 0 Å². The molecular weight excluding hydrogens is 258 g/mol. The van der Waals surface area contributed by atoms with Gasteiger partial charge in [0.2, 0.25) is 0 Å². The molecule has 1 heterocycles. The van der Waals surface area contributed by atoms with Crippen molar-refractivity contribution in [1.82, 2.24) is 13.9 Å². The maximum Gasteiger partial charge on any atom is 0.323 e. The SMILES string of the molecule is CCCCN(C)S(=O)(=O)N1CCNCC1C(=O)O. The first-order chi connectivity index (χ1) is 8.41. The number of piperazine rings is 1. The minimum Gasteiger partial charge on any atom is -0.480 e. The lowest BCUT2D eigenvalue weighted by Gasteiger charge is -2.35. The summed E-state index contributed by atoms with van der Waals surface area (Å²) in [6.07, 6.45) is 1.66. The number of carbonyl (C=O) groups is 1. The Balaban J connectivity index is 2.83. The summed E-state index contributed by atoms with van der Waals surface area (Å²) in [7, 11) is -2.19. The Kier molecular flexibility index (Phi) is 5.51. The highest BCUT2D eigenvalue weighted by Crippen LogP contribution is 2.14. The van der Waals surface area contributed by atoms with Crippen LogP contribution in [0.25, 0.3) is 0 Å². The first-order valence-electron chi connectivity index (χ1n) is 6.08. The topological polar surface area (TPSA) is 90.0 Å². The van der Waals surface area contributed by atoms with Gasteiger partial charge >= 0.3 is 5.97 Å². The van der Waals surface area contributed by atoms with Crippen molar-refractivity contribution in [3.8, 4) is 0 Å². The van der Waals surface area contributed by atoms with Gasteiger partial charge in [0, 0.05) is 33.2 Å². The average Bonchev–Trinajstić information content (AvgIpc) is 2.35. The van der Waals surface area contributed by atoms with E-state index in [1.54, 1.807) is 0 Å². The van der Waals surface area contributed by atoms with Gasteiger partial charge in [0.25, 0.3) is 10.2 Å². The standard InChI is InChI=1S/C10H21N3O4S/c1-3-4-6-12(2)18(16,17)13-7-5-11-8-9(13)10(14)15/h9,11H,3-8H2,1-2H3,(H,14,15). The molecule has 1 rings (SSSR count). The van der Waals surface area contributed by atoms with Gasteiger partial charge in [-0.3, -0.25) is 4.79 Å². The molecule has 1 fully saturated rings. The number of carboxylic acid groups (broad SMARTS) is 1. The second-order valence-corrected chi connectivity index (χ2v) is 6.34. The molecule has 1 aliphatic rings. The fourth-order valence-electron chi connectivity index (χ4n) is 1.85. The molecule has 1 saturated heterocycles. The van der Waals surface area contributed by atoms with E-state index in [1.165, 1.54) is 11.4 Å². The molecular formula is C10H21N3O4S. The summed E-state index contributed by atoms with van der Waals surface area (Å²) in [5.74, 6) is -1.12. The molecule has 1 aliphatic heterocycles. The van der Waals surface area contributed by atoms with E-state index in [0.717, 1.165) is 17.1 Å². The average molecular weight is 279 g/mol. The fourth-order valence-corrected chi connectivity index (χ4v) is 3.37. The van der Waals surface area contributed by atoms with Crippen LogP contribution in [-0.2, 0) is 15.0 Å². The van der Waals surface area contributed by atoms with Crippen LogP contribution in [0.1, 0.15) is 19.8 Å². The monoisotopic (exact) mass is 279 g/mol. The molecule has 0 radical (unpaired) electrons. The fraction of sp³-hybridized carbons (Fsp3) is 0.900. The summed E-state index contributed by atoms with van der Waals surface area (Å²) in [6, 6.07) is -1.02. The zero-order valence-electron chi connectivity index (χ0n) is 10.8. The molecule has 2 N–H and O–H groups in total. The Morgan fingerprint density at radius 1 is 1.56 bits per heavy atom. The van der Waals surface area contributed by atoms with Crippen LogP contribution in [0.2, 0.25) is 0 Å². The highest BCUT2D eigenvalue weighted by Gasteiger charge is 2.38. The number of hydrogen-bond acceptors (Lipinski definition) is 4. The van der Waals surface area contributed by atoms with Gasteiger partial charge in [0.15, 0.2) is 0 Å². The minimum atomic E-state index is -3.68. The molecule has 1 unspecified atom stereocenters. The van der Waals surface area contributed by atoms with Gasteiger partial charge in [-0.05, 0) is 6.42 Å². The molecule has 7 nitrogen and oxygen atoms in total. The molecule has 0 amide bonds. The normalized spacial score (nSPS) is 22.3. The van der Waals surface area contributed by atoms with Crippen LogP contribution >= 0.6 is 0 Å². The van der Waals surface area contributed by atoms with E-state index in [2.05, 4.69) is 5.32 Å². The van der Waals surface area contributed by atoms with E-state index in [-0.39, 0.29) is 13.1 Å². The number of unbranched alkanes of at least 4 members (excludes halogenated alkanes) is 1. The molecule has 0 bridgehead atoms. The Labute approximate surface area is 108 Å². The summed E-state index contributed by atoms with van der Waals surface area (Å²) >= 11 is 0. The lowest BCUT2D eigenvalue weighted by Crippen LogP contribution is -2.59. The van der Waals surface area contributed by atoms with Crippen LogP contribution in [0.3, 0.4) is 0 Å². The van der Waals surface area contributed by atoms with Crippen molar-refractivity contribution < 1.29 is 18.3 Å². The van der Waals surface area contributed by atoms with Crippen molar-refractivity contribution >= 4 is 16.2 Å². The third kappa shape index (κ3) is 3.41. The summed E-state index contributed by atoms with van der Waals surface area (Å²) in [5, 5.41) is 12.0. The maximum absolute atomic E-state index is 12.3. The number of aliphatic carboxylic acids is 1. The minimum absolute atomic E-state index is 0.149. The molecule has 0 aromatic carbocycles. The second kappa shape index (κ2) is 6.46. The van der Waals surface area contributed by atoms with E-state index in [4.69, 9.17) is 5.11 Å². The molecule has 18 heavy (non-hydrogen) atoms. The van der Waals surface area contributed by atoms with Gasteiger partial charge in [-0.15, -0.1) is 0 Å². The van der Waals surface area contributed by atoms with Crippen molar-refractivity contribution in [1.29, 1.82) is 0 Å². The van der Waals surface area contributed by atoms with Crippen LogP contribution in [0.4, 0.5) is 0 Å². The van der Waals surface area contributed by atoms with Crippen molar-refractivity contribution in [3.63, 3.8) is 0 Å². The quantitative estimate of drug-likeness (QED) is 0.672. The number of nitrogens with one attached hydrogen (secondary N) is 1. The van der Waals surface area contributed by atoms with Crippen molar-refractivity contribution in [2.45, 2.75) is 25.8 Å². The number of nitrogens with zero attached hydrogens (tertiary/aromatic N) is 2. The first-order valence-corrected chi connectivity index (χ1v) is 7.47. The summed E-state index contributed by atoms with van der Waals surface area (Å²) in [6.45, 7) is 3.21. The Morgan fingerprint density at radius 2 is 2.22 bits per heavy atom. The lowest BCUT2D eigenvalue weighted by atomic mass is 10.2. The molecule has 8 heteroatoms. The first kappa shape index (κ1) is 15.4. The summed E-state index contributed by atoms with van der Waals surface area (Å²) < 4.78 is 26.8.